The second kappa shape index (κ2) is 7.17. The van der Waals surface area contributed by atoms with E-state index in [2.05, 4.69) is 10.1 Å². The molecule has 1 atom stereocenters. The Morgan fingerprint density at radius 3 is 2.53 bits per heavy atom. The van der Waals surface area contributed by atoms with Crippen molar-refractivity contribution in [2.75, 3.05) is 13.7 Å². The van der Waals surface area contributed by atoms with Gasteiger partial charge in [-0.3, -0.25) is 4.79 Å². The maximum absolute atomic E-state index is 11.5. The summed E-state index contributed by atoms with van der Waals surface area (Å²) in [6.07, 6.45) is 2.73. The molecule has 1 unspecified atom stereocenters. The number of benzene rings is 1. The summed E-state index contributed by atoms with van der Waals surface area (Å²) in [4.78, 5) is 22.6. The number of nitrogens with one attached hydrogen (secondary N) is 1. The summed E-state index contributed by atoms with van der Waals surface area (Å²) in [6.45, 7) is -0.536. The maximum Gasteiger partial charge on any atom is 0.330 e. The van der Waals surface area contributed by atoms with Gasteiger partial charge < -0.3 is 20.3 Å². The quantitative estimate of drug-likeness (QED) is 0.516. The Morgan fingerprint density at radius 1 is 1.37 bits per heavy atom. The topological polar surface area (TPSA) is 95.9 Å². The summed E-state index contributed by atoms with van der Waals surface area (Å²) >= 11 is 0. The van der Waals surface area contributed by atoms with E-state index in [1.165, 1.54) is 31.4 Å². The average Bonchev–Trinajstić information content (AvgIpc) is 2.43. The van der Waals surface area contributed by atoms with Crippen molar-refractivity contribution < 1.29 is 24.5 Å². The van der Waals surface area contributed by atoms with E-state index in [9.17, 15) is 9.59 Å². The van der Waals surface area contributed by atoms with Crippen molar-refractivity contribution in [1.82, 2.24) is 5.32 Å². The number of phenolic OH excluding ortho intramolecular Hbond substituents is 1. The minimum absolute atomic E-state index is 0.132. The van der Waals surface area contributed by atoms with Gasteiger partial charge >= 0.3 is 5.97 Å². The normalized spacial score (nSPS) is 12.1. The zero-order valence-electron chi connectivity index (χ0n) is 10.4. The number of methoxy groups -OCH3 is 1. The van der Waals surface area contributed by atoms with Crippen LogP contribution in [0.3, 0.4) is 0 Å². The first kappa shape index (κ1) is 14.7. The molecular weight excluding hydrogens is 250 g/mol. The Morgan fingerprint density at radius 2 is 2.00 bits per heavy atom. The Balaban J connectivity index is 2.59. The lowest BCUT2D eigenvalue weighted by molar-refractivity contribution is -0.145. The molecule has 102 valence electrons. The van der Waals surface area contributed by atoms with Crippen LogP contribution in [-0.4, -0.2) is 41.8 Å². The Labute approximate surface area is 110 Å². The number of esters is 1. The van der Waals surface area contributed by atoms with Crippen LogP contribution in [0.4, 0.5) is 0 Å². The lowest BCUT2D eigenvalue weighted by atomic mass is 10.2. The van der Waals surface area contributed by atoms with E-state index in [-0.39, 0.29) is 5.75 Å². The van der Waals surface area contributed by atoms with Crippen molar-refractivity contribution in [3.8, 4) is 5.75 Å². The van der Waals surface area contributed by atoms with Crippen molar-refractivity contribution >= 4 is 18.0 Å². The van der Waals surface area contributed by atoms with Crippen molar-refractivity contribution in [2.24, 2.45) is 0 Å². The molecule has 0 radical (unpaired) electrons. The number of phenols is 1. The van der Waals surface area contributed by atoms with Gasteiger partial charge in [0.1, 0.15) is 5.75 Å². The minimum atomic E-state index is -1.08. The second-order valence-electron chi connectivity index (χ2n) is 3.69. The molecule has 0 bridgehead atoms. The third-order valence-electron chi connectivity index (χ3n) is 2.31. The molecule has 3 N–H and O–H groups in total. The van der Waals surface area contributed by atoms with Gasteiger partial charge in [-0.1, -0.05) is 12.1 Å². The zero-order valence-corrected chi connectivity index (χ0v) is 10.4. The number of amides is 1. The first-order chi connectivity index (χ1) is 9.06. The molecular formula is C13H15NO5. The summed E-state index contributed by atoms with van der Waals surface area (Å²) in [6, 6.07) is 5.15. The molecule has 1 rings (SSSR count). The van der Waals surface area contributed by atoms with Gasteiger partial charge in [0, 0.05) is 6.08 Å². The molecule has 1 aromatic rings. The predicted molar refractivity (Wildman–Crippen MR) is 68.2 cm³/mol. The molecule has 0 aliphatic rings. The van der Waals surface area contributed by atoms with Crippen molar-refractivity contribution in [1.29, 1.82) is 0 Å². The number of carbonyl (C=O) groups excluding carboxylic acids is 2. The predicted octanol–water partition coefficient (Wildman–Crippen LogP) is 0.0555. The lowest BCUT2D eigenvalue weighted by Gasteiger charge is -2.11. The smallest absolute Gasteiger partial charge is 0.330 e. The van der Waals surface area contributed by atoms with Crippen LogP contribution in [0.25, 0.3) is 6.08 Å². The Bertz CT molecular complexity index is 466. The fraction of sp³-hybridized carbons (Fsp3) is 0.231. The molecule has 0 aliphatic carbocycles. The number of ether oxygens (including phenoxy) is 1. The largest absolute Gasteiger partial charge is 0.508 e. The van der Waals surface area contributed by atoms with Crippen molar-refractivity contribution in [3.63, 3.8) is 0 Å². The van der Waals surface area contributed by atoms with Gasteiger partial charge in [-0.2, -0.15) is 0 Å². The van der Waals surface area contributed by atoms with Crippen LogP contribution in [0.15, 0.2) is 30.3 Å². The van der Waals surface area contributed by atoms with Gasteiger partial charge in [-0.25, -0.2) is 4.79 Å². The van der Waals surface area contributed by atoms with Gasteiger partial charge in [-0.15, -0.1) is 0 Å². The molecule has 1 aromatic carbocycles. The highest BCUT2D eigenvalue weighted by Gasteiger charge is 2.18. The fourth-order valence-electron chi connectivity index (χ4n) is 1.30. The first-order valence-electron chi connectivity index (χ1n) is 5.53. The van der Waals surface area contributed by atoms with E-state index in [0.29, 0.717) is 5.56 Å². The van der Waals surface area contributed by atoms with Crippen LogP contribution in [0, 0.1) is 0 Å². The number of aromatic hydroxyl groups is 1. The lowest BCUT2D eigenvalue weighted by Crippen LogP contribution is -2.43. The molecule has 19 heavy (non-hydrogen) atoms. The number of rotatable bonds is 5. The van der Waals surface area contributed by atoms with Gasteiger partial charge in [0.2, 0.25) is 5.91 Å². The van der Waals surface area contributed by atoms with Crippen LogP contribution in [0.5, 0.6) is 5.75 Å². The number of hydrogen-bond acceptors (Lipinski definition) is 5. The SMILES string of the molecule is COC(=O)C(CO)NC(=O)/C=C/c1ccc(O)cc1. The van der Waals surface area contributed by atoms with E-state index in [4.69, 9.17) is 10.2 Å². The van der Waals surface area contributed by atoms with E-state index >= 15 is 0 Å². The molecule has 0 aliphatic heterocycles. The highest BCUT2D eigenvalue weighted by molar-refractivity contribution is 5.94. The van der Waals surface area contributed by atoms with Crippen molar-refractivity contribution in [2.45, 2.75) is 6.04 Å². The Hall–Kier alpha value is -2.34. The van der Waals surface area contributed by atoms with E-state index in [0.717, 1.165) is 0 Å². The van der Waals surface area contributed by atoms with E-state index in [1.807, 2.05) is 0 Å². The highest BCUT2D eigenvalue weighted by atomic mass is 16.5. The van der Waals surface area contributed by atoms with E-state index in [1.54, 1.807) is 12.1 Å². The standard InChI is InChI=1S/C13H15NO5/c1-19-13(18)11(8-15)14-12(17)7-4-9-2-5-10(16)6-3-9/h2-7,11,15-16H,8H2,1H3,(H,14,17)/b7-4+. The monoisotopic (exact) mass is 265 g/mol. The molecule has 0 aromatic heterocycles. The highest BCUT2D eigenvalue weighted by Crippen LogP contribution is 2.10. The third-order valence-corrected chi connectivity index (χ3v) is 2.31. The van der Waals surface area contributed by atoms with Gasteiger partial charge in [0.05, 0.1) is 13.7 Å². The summed E-state index contributed by atoms with van der Waals surface area (Å²) in [5, 5.41) is 20.3. The van der Waals surface area contributed by atoms with Gasteiger partial charge in [-0.05, 0) is 23.8 Å². The number of hydrogen-bond donors (Lipinski definition) is 3. The fourth-order valence-corrected chi connectivity index (χ4v) is 1.30. The number of carbonyl (C=O) groups is 2. The van der Waals surface area contributed by atoms with Crippen LogP contribution >= 0.6 is 0 Å². The molecule has 0 fully saturated rings. The summed E-state index contributed by atoms with van der Waals surface area (Å²) in [7, 11) is 1.17. The minimum Gasteiger partial charge on any atom is -0.508 e. The zero-order chi connectivity index (χ0) is 14.3. The molecule has 0 saturated heterocycles. The molecule has 6 heteroatoms. The molecule has 0 saturated carbocycles. The molecule has 6 nitrogen and oxygen atoms in total. The molecule has 0 spiro atoms. The Kier molecular flexibility index (Phi) is 5.56. The first-order valence-corrected chi connectivity index (χ1v) is 5.53. The second-order valence-corrected chi connectivity index (χ2v) is 3.69. The summed E-state index contributed by atoms with van der Waals surface area (Å²) in [5.41, 5.74) is 0.714. The van der Waals surface area contributed by atoms with Gasteiger partial charge in [0.25, 0.3) is 0 Å². The van der Waals surface area contributed by atoms with Gasteiger partial charge in [0.15, 0.2) is 6.04 Å². The average molecular weight is 265 g/mol. The van der Waals surface area contributed by atoms with Crippen LogP contribution < -0.4 is 5.32 Å². The van der Waals surface area contributed by atoms with Crippen molar-refractivity contribution in [3.05, 3.63) is 35.9 Å². The van der Waals surface area contributed by atoms with Crippen LogP contribution in [-0.2, 0) is 14.3 Å². The third kappa shape index (κ3) is 4.81. The summed E-state index contributed by atoms with van der Waals surface area (Å²) in [5.74, 6) is -1.11. The van der Waals surface area contributed by atoms with Crippen LogP contribution in [0.2, 0.25) is 0 Å². The maximum atomic E-state index is 11.5. The van der Waals surface area contributed by atoms with Crippen LogP contribution in [0.1, 0.15) is 5.56 Å². The number of aliphatic hydroxyl groups excluding tert-OH is 1. The number of aliphatic hydroxyl groups is 1. The molecule has 1 amide bonds. The summed E-state index contributed by atoms with van der Waals surface area (Å²) < 4.78 is 4.41. The van der Waals surface area contributed by atoms with E-state index < -0.39 is 24.5 Å². The molecule has 0 heterocycles.